The van der Waals surface area contributed by atoms with E-state index in [0.29, 0.717) is 5.41 Å². The second-order valence-electron chi connectivity index (χ2n) is 5.10. The number of hydrogen-bond donors (Lipinski definition) is 1. The molecule has 2 aliphatic heterocycles. The smallest absolute Gasteiger partial charge is 0.0580 e. The third-order valence-electron chi connectivity index (χ3n) is 3.91. The summed E-state index contributed by atoms with van der Waals surface area (Å²) in [7, 11) is 0. The molecular formula is C12H18N2. The number of hydrogen-bond acceptors (Lipinski definition) is 2. The van der Waals surface area contributed by atoms with Crippen LogP contribution in [0.25, 0.3) is 0 Å². The molecule has 1 saturated carbocycles. The van der Waals surface area contributed by atoms with Crippen LogP contribution < -0.4 is 5.32 Å². The van der Waals surface area contributed by atoms with Crippen LogP contribution in [-0.4, -0.2) is 25.3 Å². The van der Waals surface area contributed by atoms with E-state index in [1.54, 1.807) is 5.57 Å². The van der Waals surface area contributed by atoms with E-state index in [-0.39, 0.29) is 0 Å². The Balaban J connectivity index is 1.82. The van der Waals surface area contributed by atoms with Crippen molar-refractivity contribution in [1.29, 1.82) is 0 Å². The predicted molar refractivity (Wildman–Crippen MR) is 58.7 cm³/mol. The topological polar surface area (TPSA) is 24.4 Å². The van der Waals surface area contributed by atoms with Gasteiger partial charge >= 0.3 is 0 Å². The van der Waals surface area contributed by atoms with Gasteiger partial charge in [0.1, 0.15) is 0 Å². The maximum Gasteiger partial charge on any atom is 0.0580 e. The van der Waals surface area contributed by atoms with Crippen molar-refractivity contribution >= 4 is 5.71 Å². The minimum absolute atomic E-state index is 0.463. The summed E-state index contributed by atoms with van der Waals surface area (Å²) in [5.74, 6) is 0.758. The molecule has 3 aliphatic rings. The average molecular weight is 190 g/mol. The second-order valence-corrected chi connectivity index (χ2v) is 5.10. The molecule has 0 amide bonds. The van der Waals surface area contributed by atoms with Gasteiger partial charge in [0.2, 0.25) is 0 Å². The van der Waals surface area contributed by atoms with Crippen LogP contribution >= 0.6 is 0 Å². The van der Waals surface area contributed by atoms with Crippen LogP contribution in [0.1, 0.15) is 26.2 Å². The monoisotopic (exact) mass is 190 g/mol. The summed E-state index contributed by atoms with van der Waals surface area (Å²) >= 11 is 0. The van der Waals surface area contributed by atoms with Crippen molar-refractivity contribution in [2.75, 3.05) is 19.6 Å². The third kappa shape index (κ3) is 1.24. The highest BCUT2D eigenvalue weighted by Crippen LogP contribution is 2.50. The van der Waals surface area contributed by atoms with Gasteiger partial charge in [-0.15, -0.1) is 0 Å². The fraction of sp³-hybridized carbons (Fsp3) is 0.750. The van der Waals surface area contributed by atoms with E-state index < -0.39 is 0 Å². The van der Waals surface area contributed by atoms with Gasteiger partial charge in [-0.1, -0.05) is 13.0 Å². The van der Waals surface area contributed by atoms with Gasteiger partial charge in [0, 0.05) is 17.7 Å². The number of aliphatic imine (C=N–C) groups is 1. The van der Waals surface area contributed by atoms with E-state index >= 15 is 0 Å². The zero-order chi connectivity index (χ0) is 9.60. The van der Waals surface area contributed by atoms with Gasteiger partial charge in [-0.2, -0.15) is 0 Å². The van der Waals surface area contributed by atoms with E-state index in [9.17, 15) is 0 Å². The molecule has 3 rings (SSSR count). The molecular weight excluding hydrogens is 172 g/mol. The highest BCUT2D eigenvalue weighted by molar-refractivity contribution is 6.07. The zero-order valence-electron chi connectivity index (χ0n) is 8.84. The van der Waals surface area contributed by atoms with Crippen molar-refractivity contribution in [2.24, 2.45) is 16.3 Å². The first-order chi connectivity index (χ1) is 6.80. The molecule has 1 atom stereocenters. The summed E-state index contributed by atoms with van der Waals surface area (Å²) in [6, 6.07) is 0. The van der Waals surface area contributed by atoms with Gasteiger partial charge in [-0.3, -0.25) is 4.99 Å². The minimum atomic E-state index is 0.463. The molecule has 2 heteroatoms. The average Bonchev–Trinajstić information content (AvgIpc) is 2.73. The maximum atomic E-state index is 4.69. The molecule has 14 heavy (non-hydrogen) atoms. The highest BCUT2D eigenvalue weighted by Gasteiger charge is 2.45. The Labute approximate surface area is 85.5 Å². The Kier molecular flexibility index (Phi) is 1.81. The Bertz CT molecular complexity index is 304. The number of nitrogens with one attached hydrogen (secondary N) is 1. The molecule has 0 aromatic carbocycles. The van der Waals surface area contributed by atoms with Crippen LogP contribution in [0.3, 0.4) is 0 Å². The molecule has 0 aromatic rings. The van der Waals surface area contributed by atoms with E-state index in [2.05, 4.69) is 18.3 Å². The first kappa shape index (κ1) is 8.66. The summed E-state index contributed by atoms with van der Waals surface area (Å²) in [6.07, 6.45) is 6.37. The first-order valence-electron chi connectivity index (χ1n) is 5.76. The van der Waals surface area contributed by atoms with Gasteiger partial charge < -0.3 is 5.32 Å². The van der Waals surface area contributed by atoms with E-state index in [1.165, 1.54) is 38.1 Å². The first-order valence-corrected chi connectivity index (χ1v) is 5.76. The van der Waals surface area contributed by atoms with Gasteiger partial charge in [-0.25, -0.2) is 0 Å². The molecule has 1 unspecified atom stereocenters. The molecule has 2 fully saturated rings. The fourth-order valence-corrected chi connectivity index (χ4v) is 2.67. The molecule has 76 valence electrons. The van der Waals surface area contributed by atoms with Crippen molar-refractivity contribution in [3.63, 3.8) is 0 Å². The molecule has 2 heterocycles. The van der Waals surface area contributed by atoms with Gasteiger partial charge in [0.15, 0.2) is 0 Å². The van der Waals surface area contributed by atoms with E-state index in [1.807, 2.05) is 0 Å². The summed E-state index contributed by atoms with van der Waals surface area (Å²) in [4.78, 5) is 4.69. The van der Waals surface area contributed by atoms with Crippen molar-refractivity contribution < 1.29 is 0 Å². The molecule has 0 bridgehead atoms. The Morgan fingerprint density at radius 2 is 2.36 bits per heavy atom. The number of rotatable bonds is 2. The zero-order valence-corrected chi connectivity index (χ0v) is 8.84. The molecule has 1 aliphatic carbocycles. The van der Waals surface area contributed by atoms with Crippen LogP contribution in [0, 0.1) is 11.3 Å². The second kappa shape index (κ2) is 2.93. The molecule has 1 N–H and O–H groups in total. The standard InChI is InChI=1S/C12H18N2/c1-12(4-5-12)11-10(3-7-14-11)9-2-6-13-8-9/h3,9,13H,2,4-8H2,1H3. The molecule has 2 nitrogen and oxygen atoms in total. The minimum Gasteiger partial charge on any atom is -0.316 e. The fourth-order valence-electron chi connectivity index (χ4n) is 2.67. The van der Waals surface area contributed by atoms with Gasteiger partial charge in [0.25, 0.3) is 0 Å². The Morgan fingerprint density at radius 1 is 1.50 bits per heavy atom. The lowest BCUT2D eigenvalue weighted by atomic mass is 9.87. The van der Waals surface area contributed by atoms with Crippen molar-refractivity contribution in [1.82, 2.24) is 5.32 Å². The SMILES string of the molecule is CC1(C2=NCC=C2C2CCNC2)CC1. The van der Waals surface area contributed by atoms with Crippen LogP contribution in [0.4, 0.5) is 0 Å². The van der Waals surface area contributed by atoms with Crippen LogP contribution in [0.5, 0.6) is 0 Å². The van der Waals surface area contributed by atoms with E-state index in [4.69, 9.17) is 4.99 Å². The van der Waals surface area contributed by atoms with Crippen molar-refractivity contribution in [3.8, 4) is 0 Å². The molecule has 0 aromatic heterocycles. The quantitative estimate of drug-likeness (QED) is 0.705. The maximum absolute atomic E-state index is 4.69. The lowest BCUT2D eigenvalue weighted by Gasteiger charge is -2.17. The molecule has 0 radical (unpaired) electrons. The lowest BCUT2D eigenvalue weighted by Crippen LogP contribution is -2.20. The lowest BCUT2D eigenvalue weighted by molar-refractivity contribution is 0.688. The van der Waals surface area contributed by atoms with Crippen LogP contribution in [0.15, 0.2) is 16.6 Å². The Morgan fingerprint density at radius 3 is 3.00 bits per heavy atom. The van der Waals surface area contributed by atoms with Gasteiger partial charge in [-0.05, 0) is 37.3 Å². The van der Waals surface area contributed by atoms with Crippen molar-refractivity contribution in [3.05, 3.63) is 11.6 Å². The summed E-state index contributed by atoms with van der Waals surface area (Å²) in [6.45, 7) is 5.66. The Hall–Kier alpha value is -0.630. The van der Waals surface area contributed by atoms with Crippen LogP contribution in [-0.2, 0) is 0 Å². The van der Waals surface area contributed by atoms with Gasteiger partial charge in [0.05, 0.1) is 6.54 Å². The third-order valence-corrected chi connectivity index (χ3v) is 3.91. The molecule has 0 spiro atoms. The van der Waals surface area contributed by atoms with E-state index in [0.717, 1.165) is 12.5 Å². The molecule has 1 saturated heterocycles. The summed E-state index contributed by atoms with van der Waals surface area (Å²) < 4.78 is 0. The summed E-state index contributed by atoms with van der Waals surface area (Å²) in [5.41, 5.74) is 3.49. The summed E-state index contributed by atoms with van der Waals surface area (Å²) in [5, 5.41) is 3.45. The number of nitrogens with zero attached hydrogens (tertiary/aromatic N) is 1. The van der Waals surface area contributed by atoms with Crippen molar-refractivity contribution in [2.45, 2.75) is 26.2 Å². The normalized spacial score (nSPS) is 34.2. The van der Waals surface area contributed by atoms with Crippen LogP contribution in [0.2, 0.25) is 0 Å². The largest absolute Gasteiger partial charge is 0.316 e. The highest BCUT2D eigenvalue weighted by atomic mass is 14.9. The predicted octanol–water partition coefficient (Wildman–Crippen LogP) is 1.78.